The first-order valence-electron chi connectivity index (χ1n) is 13.7. The average Bonchev–Trinajstić information content (AvgIpc) is 2.85. The van der Waals surface area contributed by atoms with E-state index in [1.807, 2.05) is 32.0 Å². The Morgan fingerprint density at radius 3 is 2.26 bits per heavy atom. The van der Waals surface area contributed by atoms with Gasteiger partial charge in [-0.15, -0.1) is 0 Å². The number of carbonyl (C=O) groups excluding carboxylic acids is 1. The second kappa shape index (κ2) is 15.6. The highest BCUT2D eigenvalue weighted by atomic mass is 16.7. The first-order valence-corrected chi connectivity index (χ1v) is 13.7. The van der Waals surface area contributed by atoms with Crippen molar-refractivity contribution in [1.82, 2.24) is 0 Å². The van der Waals surface area contributed by atoms with Crippen LogP contribution in [0.15, 0.2) is 54.6 Å². The number of rotatable bonds is 17. The lowest BCUT2D eigenvalue weighted by Gasteiger charge is -2.31. The Labute approximate surface area is 214 Å². The van der Waals surface area contributed by atoms with Crippen molar-refractivity contribution >= 4 is 5.97 Å². The number of hydrogen-bond donors (Lipinski definition) is 0. The van der Waals surface area contributed by atoms with Gasteiger partial charge in [-0.25, -0.2) is 0 Å². The largest absolute Gasteiger partial charge is 0.455 e. The van der Waals surface area contributed by atoms with Gasteiger partial charge < -0.3 is 14.0 Å². The third-order valence-electron chi connectivity index (χ3n) is 6.63. The zero-order chi connectivity index (χ0) is 25.5. The Morgan fingerprint density at radius 1 is 0.886 bits per heavy atom. The molecule has 4 nitrogen and oxygen atoms in total. The maximum Gasteiger partial charge on any atom is 0.311 e. The lowest BCUT2D eigenvalue weighted by atomic mass is 10.0. The van der Waals surface area contributed by atoms with E-state index >= 15 is 0 Å². The lowest BCUT2D eigenvalue weighted by Crippen LogP contribution is -2.41. The zero-order valence-corrected chi connectivity index (χ0v) is 22.8. The summed E-state index contributed by atoms with van der Waals surface area (Å²) in [5, 5.41) is 0. The topological polar surface area (TPSA) is 35.5 Å². The Balaban J connectivity index is 1.83. The molecule has 0 aliphatic heterocycles. The SMILES string of the molecule is CCCCCCCCc1ccccc1OC(CC)OC(=O)C(C)CC[N+](C)(C)Cc1ccccc1. The molecule has 35 heavy (non-hydrogen) atoms. The maximum atomic E-state index is 12.9. The third kappa shape index (κ3) is 11.3. The minimum atomic E-state index is -0.553. The van der Waals surface area contributed by atoms with Gasteiger partial charge in [0.2, 0.25) is 6.29 Å². The number of para-hydroxylation sites is 1. The molecular weight excluding hydrogens is 434 g/mol. The molecule has 0 spiro atoms. The number of ether oxygens (including phenoxy) is 2. The van der Waals surface area contributed by atoms with E-state index in [-0.39, 0.29) is 11.9 Å². The average molecular weight is 483 g/mol. The molecule has 0 bridgehead atoms. The summed E-state index contributed by atoms with van der Waals surface area (Å²) in [6, 6.07) is 18.7. The Hall–Kier alpha value is -2.33. The minimum absolute atomic E-state index is 0.167. The van der Waals surface area contributed by atoms with E-state index in [0.29, 0.717) is 6.42 Å². The highest BCUT2D eigenvalue weighted by Crippen LogP contribution is 2.24. The van der Waals surface area contributed by atoms with E-state index in [1.54, 1.807) is 0 Å². The Bertz CT molecular complexity index is 849. The van der Waals surface area contributed by atoms with Gasteiger partial charge in [0, 0.05) is 18.4 Å². The number of unbranched alkanes of at least 4 members (excludes halogenated alkanes) is 5. The van der Waals surface area contributed by atoms with Crippen molar-refractivity contribution in [3.05, 3.63) is 65.7 Å². The first kappa shape index (κ1) is 28.9. The van der Waals surface area contributed by atoms with Crippen LogP contribution in [0.1, 0.15) is 83.3 Å². The van der Waals surface area contributed by atoms with E-state index in [4.69, 9.17) is 9.47 Å². The molecule has 0 radical (unpaired) electrons. The van der Waals surface area contributed by atoms with Crippen LogP contribution in [0, 0.1) is 5.92 Å². The quantitative estimate of drug-likeness (QED) is 0.101. The van der Waals surface area contributed by atoms with Crippen LogP contribution < -0.4 is 4.74 Å². The van der Waals surface area contributed by atoms with Gasteiger partial charge in [0.15, 0.2) is 0 Å². The molecule has 2 aromatic rings. The van der Waals surface area contributed by atoms with Crippen LogP contribution in [0.3, 0.4) is 0 Å². The molecule has 0 saturated heterocycles. The van der Waals surface area contributed by atoms with Crippen molar-refractivity contribution in [2.75, 3.05) is 20.6 Å². The fourth-order valence-electron chi connectivity index (χ4n) is 4.32. The van der Waals surface area contributed by atoms with Crippen molar-refractivity contribution in [3.63, 3.8) is 0 Å². The molecule has 0 N–H and O–H groups in total. The number of nitrogens with zero attached hydrogens (tertiary/aromatic N) is 1. The summed E-state index contributed by atoms with van der Waals surface area (Å²) in [7, 11) is 4.42. The molecule has 0 saturated carbocycles. The highest BCUT2D eigenvalue weighted by molar-refractivity contribution is 5.72. The monoisotopic (exact) mass is 482 g/mol. The van der Waals surface area contributed by atoms with Crippen LogP contribution in [0.25, 0.3) is 0 Å². The van der Waals surface area contributed by atoms with Gasteiger partial charge in [0.25, 0.3) is 0 Å². The number of benzene rings is 2. The summed E-state index contributed by atoms with van der Waals surface area (Å²) in [5.74, 6) is 0.498. The Morgan fingerprint density at radius 2 is 1.54 bits per heavy atom. The van der Waals surface area contributed by atoms with Crippen LogP contribution in [0.2, 0.25) is 0 Å². The van der Waals surface area contributed by atoms with Gasteiger partial charge >= 0.3 is 5.97 Å². The van der Waals surface area contributed by atoms with E-state index < -0.39 is 6.29 Å². The predicted octanol–water partition coefficient (Wildman–Crippen LogP) is 7.55. The van der Waals surface area contributed by atoms with Crippen molar-refractivity contribution in [2.24, 2.45) is 5.92 Å². The van der Waals surface area contributed by atoms with Crippen LogP contribution in [-0.4, -0.2) is 37.4 Å². The van der Waals surface area contributed by atoms with Crippen LogP contribution in [0.5, 0.6) is 5.75 Å². The zero-order valence-electron chi connectivity index (χ0n) is 22.8. The maximum absolute atomic E-state index is 12.9. The summed E-state index contributed by atoms with van der Waals surface area (Å²) in [4.78, 5) is 12.9. The second-order valence-corrected chi connectivity index (χ2v) is 10.5. The number of carbonyl (C=O) groups is 1. The molecule has 0 heterocycles. The Kier molecular flexibility index (Phi) is 12.9. The fourth-order valence-corrected chi connectivity index (χ4v) is 4.32. The van der Waals surface area contributed by atoms with E-state index in [0.717, 1.165) is 42.6 Å². The lowest BCUT2D eigenvalue weighted by molar-refractivity contribution is -0.904. The molecule has 2 aromatic carbocycles. The highest BCUT2D eigenvalue weighted by Gasteiger charge is 2.24. The van der Waals surface area contributed by atoms with Crippen molar-refractivity contribution in [3.8, 4) is 5.75 Å². The van der Waals surface area contributed by atoms with Gasteiger partial charge in [0.05, 0.1) is 26.6 Å². The third-order valence-corrected chi connectivity index (χ3v) is 6.63. The molecule has 0 fully saturated rings. The summed E-state index contributed by atoms with van der Waals surface area (Å²) in [6.07, 6.45) is 9.48. The first-order chi connectivity index (χ1) is 16.8. The predicted molar refractivity (Wildman–Crippen MR) is 145 cm³/mol. The molecule has 2 atom stereocenters. The number of esters is 1. The standard InChI is InChI=1S/C31H48NO3/c1-6-8-9-10-11-15-20-28-21-16-17-22-29(28)34-30(7-2)35-31(33)26(3)23-24-32(4,5)25-27-18-13-12-14-19-27/h12-14,16-19,21-22,26,30H,6-11,15,20,23-25H2,1-5H3/q+1. The molecule has 0 aromatic heterocycles. The van der Waals surface area contributed by atoms with Gasteiger partial charge in [-0.3, -0.25) is 4.79 Å². The number of aryl methyl sites for hydroxylation is 1. The van der Waals surface area contributed by atoms with E-state index in [2.05, 4.69) is 57.4 Å². The van der Waals surface area contributed by atoms with E-state index in [9.17, 15) is 4.79 Å². The molecule has 2 rings (SSSR count). The van der Waals surface area contributed by atoms with Crippen molar-refractivity contribution in [2.45, 2.75) is 91.4 Å². The minimum Gasteiger partial charge on any atom is -0.455 e. The summed E-state index contributed by atoms with van der Waals surface area (Å²) in [6.45, 7) is 8.06. The van der Waals surface area contributed by atoms with Crippen molar-refractivity contribution in [1.29, 1.82) is 0 Å². The van der Waals surface area contributed by atoms with Gasteiger partial charge in [0.1, 0.15) is 12.3 Å². The van der Waals surface area contributed by atoms with E-state index in [1.165, 1.54) is 43.2 Å². The fraction of sp³-hybridized carbons (Fsp3) is 0.581. The van der Waals surface area contributed by atoms with Crippen molar-refractivity contribution < 1.29 is 18.8 Å². The normalized spacial score (nSPS) is 13.3. The summed E-state index contributed by atoms with van der Waals surface area (Å²) in [5.41, 5.74) is 2.51. The summed E-state index contributed by atoms with van der Waals surface area (Å²) >= 11 is 0. The van der Waals surface area contributed by atoms with Crippen LogP contribution >= 0.6 is 0 Å². The number of hydrogen-bond acceptors (Lipinski definition) is 3. The van der Waals surface area contributed by atoms with Gasteiger partial charge in [-0.05, 0) is 24.5 Å². The summed E-state index contributed by atoms with van der Waals surface area (Å²) < 4.78 is 12.8. The molecule has 0 amide bonds. The van der Waals surface area contributed by atoms with Gasteiger partial charge in [-0.1, -0.05) is 101 Å². The molecule has 2 unspecified atom stereocenters. The second-order valence-electron chi connectivity index (χ2n) is 10.5. The molecule has 4 heteroatoms. The van der Waals surface area contributed by atoms with Gasteiger partial charge in [-0.2, -0.15) is 0 Å². The molecule has 194 valence electrons. The van der Waals surface area contributed by atoms with Crippen LogP contribution in [-0.2, 0) is 22.5 Å². The van der Waals surface area contributed by atoms with Crippen LogP contribution in [0.4, 0.5) is 0 Å². The number of quaternary nitrogens is 1. The molecule has 0 aliphatic carbocycles. The molecular formula is C31H48NO3+. The molecule has 0 aliphatic rings. The smallest absolute Gasteiger partial charge is 0.311 e.